The van der Waals surface area contributed by atoms with Gasteiger partial charge in [-0.15, -0.1) is 11.3 Å². The summed E-state index contributed by atoms with van der Waals surface area (Å²) < 4.78 is 5.22. The largest absolute Gasteiger partial charge is 0.497 e. The highest BCUT2D eigenvalue weighted by Gasteiger charge is 2.12. The molecule has 0 saturated carbocycles. The summed E-state index contributed by atoms with van der Waals surface area (Å²) >= 11 is 1.62. The van der Waals surface area contributed by atoms with Crippen LogP contribution in [0.3, 0.4) is 0 Å². The highest BCUT2D eigenvalue weighted by molar-refractivity contribution is 7.09. The molecule has 0 aliphatic rings. The van der Waals surface area contributed by atoms with Crippen molar-refractivity contribution in [2.45, 2.75) is 13.5 Å². The Kier molecular flexibility index (Phi) is 4.06. The third-order valence-electron chi connectivity index (χ3n) is 3.46. The number of thiophene rings is 1. The molecule has 0 atom stereocenters. The molecule has 1 N–H and O–H groups in total. The summed E-state index contributed by atoms with van der Waals surface area (Å²) in [6, 6.07) is 11.5. The maximum absolute atomic E-state index is 12.4. The van der Waals surface area contributed by atoms with Crippen LogP contribution in [0.5, 0.6) is 5.75 Å². The van der Waals surface area contributed by atoms with Gasteiger partial charge in [0.15, 0.2) is 0 Å². The molecule has 0 aliphatic carbocycles. The average molecular weight is 312 g/mol. The molecule has 2 aromatic heterocycles. The number of hydrogen-bond acceptors (Lipinski definition) is 4. The molecule has 3 rings (SSSR count). The Hall–Kier alpha value is -2.40. The van der Waals surface area contributed by atoms with Gasteiger partial charge in [0.1, 0.15) is 5.75 Å². The minimum Gasteiger partial charge on any atom is -0.497 e. The van der Waals surface area contributed by atoms with E-state index in [-0.39, 0.29) is 5.91 Å². The first-order valence-electron chi connectivity index (χ1n) is 6.93. The normalized spacial score (nSPS) is 10.6. The van der Waals surface area contributed by atoms with Crippen LogP contribution >= 0.6 is 11.3 Å². The molecule has 5 heteroatoms. The van der Waals surface area contributed by atoms with Crippen molar-refractivity contribution < 1.29 is 9.53 Å². The first-order valence-corrected chi connectivity index (χ1v) is 7.81. The average Bonchev–Trinajstić information content (AvgIpc) is 3.05. The van der Waals surface area contributed by atoms with Crippen molar-refractivity contribution in [3.63, 3.8) is 0 Å². The summed E-state index contributed by atoms with van der Waals surface area (Å²) in [7, 11) is 1.62. The van der Waals surface area contributed by atoms with E-state index >= 15 is 0 Å². The van der Waals surface area contributed by atoms with E-state index in [9.17, 15) is 4.79 Å². The Labute approximate surface area is 132 Å². The zero-order valence-electron chi connectivity index (χ0n) is 12.4. The Balaban J connectivity index is 1.88. The number of aryl methyl sites for hydroxylation is 1. The lowest BCUT2D eigenvalue weighted by Gasteiger charge is -2.09. The van der Waals surface area contributed by atoms with Gasteiger partial charge in [0.2, 0.25) is 0 Å². The molecule has 0 aliphatic heterocycles. The fraction of sp³-hybridized carbons (Fsp3) is 0.176. The van der Waals surface area contributed by atoms with Crippen molar-refractivity contribution in [3.8, 4) is 5.75 Å². The van der Waals surface area contributed by atoms with E-state index < -0.39 is 0 Å². The molecular weight excluding hydrogens is 296 g/mol. The Morgan fingerprint density at radius 1 is 1.32 bits per heavy atom. The Morgan fingerprint density at radius 3 is 2.91 bits per heavy atom. The number of hydrogen-bond donors (Lipinski definition) is 1. The minimum absolute atomic E-state index is 0.108. The second-order valence-electron chi connectivity index (χ2n) is 4.94. The number of rotatable bonds is 4. The zero-order valence-corrected chi connectivity index (χ0v) is 13.2. The summed E-state index contributed by atoms with van der Waals surface area (Å²) in [6.45, 7) is 2.38. The molecular formula is C17H16N2O2S. The molecule has 0 spiro atoms. The zero-order chi connectivity index (χ0) is 15.5. The van der Waals surface area contributed by atoms with Gasteiger partial charge in [-0.25, -0.2) is 0 Å². The van der Waals surface area contributed by atoms with Gasteiger partial charge in [0.05, 0.1) is 30.4 Å². The number of methoxy groups -OCH3 is 1. The molecule has 1 aromatic carbocycles. The van der Waals surface area contributed by atoms with E-state index in [2.05, 4.69) is 10.3 Å². The van der Waals surface area contributed by atoms with Gasteiger partial charge < -0.3 is 10.1 Å². The molecule has 0 bridgehead atoms. The maximum atomic E-state index is 12.4. The van der Waals surface area contributed by atoms with Crippen LogP contribution in [0.15, 0.2) is 41.8 Å². The van der Waals surface area contributed by atoms with Gasteiger partial charge in [0, 0.05) is 10.3 Å². The van der Waals surface area contributed by atoms with Crippen LogP contribution in [0.25, 0.3) is 10.9 Å². The Bertz CT molecular complexity index is 813. The smallest absolute Gasteiger partial charge is 0.253 e. The summed E-state index contributed by atoms with van der Waals surface area (Å²) in [6.07, 6.45) is 0. The first-order chi connectivity index (χ1) is 10.7. The highest BCUT2D eigenvalue weighted by atomic mass is 32.1. The molecule has 4 nitrogen and oxygen atoms in total. The van der Waals surface area contributed by atoms with Gasteiger partial charge in [-0.1, -0.05) is 6.07 Å². The summed E-state index contributed by atoms with van der Waals surface area (Å²) in [4.78, 5) is 18.0. The number of carbonyl (C=O) groups excluding carboxylic acids is 1. The number of amides is 1. The number of ether oxygens (including phenoxy) is 1. The molecule has 112 valence electrons. The van der Waals surface area contributed by atoms with Crippen molar-refractivity contribution in [3.05, 3.63) is 57.9 Å². The molecule has 3 aromatic rings. The van der Waals surface area contributed by atoms with Crippen LogP contribution in [0, 0.1) is 6.92 Å². The summed E-state index contributed by atoms with van der Waals surface area (Å²) in [5.41, 5.74) is 2.17. The van der Waals surface area contributed by atoms with E-state index in [1.807, 2.05) is 48.7 Å². The first kappa shape index (κ1) is 14.5. The molecule has 0 unspecified atom stereocenters. The molecule has 0 saturated heterocycles. The monoisotopic (exact) mass is 312 g/mol. The van der Waals surface area contributed by atoms with Gasteiger partial charge >= 0.3 is 0 Å². The van der Waals surface area contributed by atoms with Gasteiger partial charge in [-0.05, 0) is 42.6 Å². The van der Waals surface area contributed by atoms with Crippen molar-refractivity contribution >= 4 is 28.1 Å². The number of nitrogens with zero attached hydrogens (tertiary/aromatic N) is 1. The van der Waals surface area contributed by atoms with Crippen LogP contribution in [-0.4, -0.2) is 18.0 Å². The standard InChI is InChI=1S/C17H16N2O2S/c1-11-15(17(20)18-10-14-4-3-7-22-14)9-12-8-13(21-2)5-6-16(12)19-11/h3-9H,10H2,1-2H3,(H,18,20). The van der Waals surface area contributed by atoms with Gasteiger partial charge in [0.25, 0.3) is 5.91 Å². The predicted molar refractivity (Wildman–Crippen MR) is 88.5 cm³/mol. The maximum Gasteiger partial charge on any atom is 0.253 e. The van der Waals surface area contributed by atoms with E-state index in [1.165, 1.54) is 0 Å². The van der Waals surface area contributed by atoms with Crippen molar-refractivity contribution in [1.29, 1.82) is 0 Å². The number of fused-ring (bicyclic) bond motifs is 1. The number of carbonyl (C=O) groups is 1. The lowest BCUT2D eigenvalue weighted by atomic mass is 10.1. The van der Waals surface area contributed by atoms with Crippen molar-refractivity contribution in [2.75, 3.05) is 7.11 Å². The molecule has 22 heavy (non-hydrogen) atoms. The van der Waals surface area contributed by atoms with Gasteiger partial charge in [-0.2, -0.15) is 0 Å². The molecule has 1 amide bonds. The SMILES string of the molecule is COc1ccc2nc(C)c(C(=O)NCc3cccs3)cc2c1. The van der Waals surface area contributed by atoms with Crippen LogP contribution < -0.4 is 10.1 Å². The van der Waals surface area contributed by atoms with Gasteiger partial charge in [-0.3, -0.25) is 9.78 Å². The lowest BCUT2D eigenvalue weighted by Crippen LogP contribution is -2.23. The summed E-state index contributed by atoms with van der Waals surface area (Å²) in [5.74, 6) is 0.645. The van der Waals surface area contributed by atoms with E-state index in [4.69, 9.17) is 4.74 Å². The summed E-state index contributed by atoms with van der Waals surface area (Å²) in [5, 5.41) is 5.83. The molecule has 2 heterocycles. The van der Waals surface area contributed by atoms with Crippen molar-refractivity contribution in [1.82, 2.24) is 10.3 Å². The lowest BCUT2D eigenvalue weighted by molar-refractivity contribution is 0.0950. The van der Waals surface area contributed by atoms with E-state index in [0.717, 1.165) is 27.2 Å². The Morgan fingerprint density at radius 2 is 2.18 bits per heavy atom. The number of aromatic nitrogens is 1. The van der Waals surface area contributed by atoms with E-state index in [0.29, 0.717) is 12.1 Å². The van der Waals surface area contributed by atoms with Crippen LogP contribution in [0.4, 0.5) is 0 Å². The fourth-order valence-electron chi connectivity index (χ4n) is 2.28. The number of nitrogens with one attached hydrogen (secondary N) is 1. The highest BCUT2D eigenvalue weighted by Crippen LogP contribution is 2.22. The number of benzene rings is 1. The second kappa shape index (κ2) is 6.15. The second-order valence-corrected chi connectivity index (χ2v) is 5.97. The minimum atomic E-state index is -0.108. The van der Waals surface area contributed by atoms with E-state index in [1.54, 1.807) is 18.4 Å². The van der Waals surface area contributed by atoms with Crippen LogP contribution in [0.1, 0.15) is 20.9 Å². The van der Waals surface area contributed by atoms with Crippen LogP contribution in [0.2, 0.25) is 0 Å². The van der Waals surface area contributed by atoms with Crippen molar-refractivity contribution in [2.24, 2.45) is 0 Å². The predicted octanol–water partition coefficient (Wildman–Crippen LogP) is 3.54. The van der Waals surface area contributed by atoms with Crippen LogP contribution in [-0.2, 0) is 6.54 Å². The fourth-order valence-corrected chi connectivity index (χ4v) is 2.93. The third kappa shape index (κ3) is 2.94. The third-order valence-corrected chi connectivity index (χ3v) is 4.34. The molecule has 0 fully saturated rings. The molecule has 0 radical (unpaired) electrons. The topological polar surface area (TPSA) is 51.2 Å². The quantitative estimate of drug-likeness (QED) is 0.801. The number of pyridine rings is 1.